The molecule has 23 heavy (non-hydrogen) atoms. The number of aromatic nitrogens is 1. The van der Waals surface area contributed by atoms with Gasteiger partial charge in [-0.15, -0.1) is 0 Å². The number of ether oxygens (including phenoxy) is 1. The molecule has 6 nitrogen and oxygen atoms in total. The van der Waals surface area contributed by atoms with E-state index in [0.29, 0.717) is 30.9 Å². The fraction of sp³-hybridized carbons (Fsp3) is 0.235. The summed E-state index contributed by atoms with van der Waals surface area (Å²) >= 11 is 0. The van der Waals surface area contributed by atoms with Crippen molar-refractivity contribution in [3.05, 3.63) is 53.9 Å². The second-order valence-corrected chi connectivity index (χ2v) is 5.28. The second-order valence-electron chi connectivity index (χ2n) is 5.28. The molecule has 1 aromatic heterocycles. The second kappa shape index (κ2) is 6.48. The highest BCUT2D eigenvalue weighted by atomic mass is 16.5. The predicted molar refractivity (Wildman–Crippen MR) is 85.4 cm³/mol. The summed E-state index contributed by atoms with van der Waals surface area (Å²) in [6.07, 6.45) is 3.50. The number of carbonyl (C=O) groups excluding carboxylic acids is 2. The minimum atomic E-state index is -0.186. The first-order valence-electron chi connectivity index (χ1n) is 7.35. The van der Waals surface area contributed by atoms with Gasteiger partial charge in [-0.2, -0.15) is 0 Å². The number of fused-ring (bicyclic) bond motifs is 1. The normalized spacial score (nSPS) is 13.8. The lowest BCUT2D eigenvalue weighted by Crippen LogP contribution is -2.26. The van der Waals surface area contributed by atoms with Crippen LogP contribution in [-0.2, 0) is 11.3 Å². The van der Waals surface area contributed by atoms with Crippen molar-refractivity contribution < 1.29 is 14.3 Å². The van der Waals surface area contributed by atoms with E-state index in [4.69, 9.17) is 4.74 Å². The largest absolute Gasteiger partial charge is 0.491 e. The standard InChI is InChI=1S/C17H17N3O3/c1-20-14-9-12(4-5-15(14)23-8-6-16(20)21)10-19-17(22)13-3-2-7-18-11-13/h2-5,7,9,11H,6,8,10H2,1H3,(H,19,22). The number of rotatable bonds is 3. The van der Waals surface area contributed by atoms with E-state index in [1.165, 1.54) is 6.20 Å². The summed E-state index contributed by atoms with van der Waals surface area (Å²) in [5.74, 6) is 0.509. The van der Waals surface area contributed by atoms with Crippen molar-refractivity contribution in [2.45, 2.75) is 13.0 Å². The van der Waals surface area contributed by atoms with E-state index in [2.05, 4.69) is 10.3 Å². The quantitative estimate of drug-likeness (QED) is 0.937. The molecule has 2 aromatic rings. The first kappa shape index (κ1) is 15.0. The van der Waals surface area contributed by atoms with Crippen LogP contribution in [0.5, 0.6) is 5.75 Å². The van der Waals surface area contributed by atoms with Gasteiger partial charge in [0.05, 0.1) is 24.3 Å². The fourth-order valence-corrected chi connectivity index (χ4v) is 2.39. The van der Waals surface area contributed by atoms with Crippen LogP contribution < -0.4 is 15.0 Å². The first-order valence-corrected chi connectivity index (χ1v) is 7.35. The van der Waals surface area contributed by atoms with Crippen LogP contribution in [-0.4, -0.2) is 30.5 Å². The molecule has 2 heterocycles. The molecular formula is C17H17N3O3. The van der Waals surface area contributed by atoms with Crippen molar-refractivity contribution in [3.63, 3.8) is 0 Å². The number of hydrogen-bond donors (Lipinski definition) is 1. The van der Waals surface area contributed by atoms with Gasteiger partial charge in [-0.05, 0) is 29.8 Å². The molecule has 2 amide bonds. The molecule has 0 radical (unpaired) electrons. The van der Waals surface area contributed by atoms with E-state index < -0.39 is 0 Å². The smallest absolute Gasteiger partial charge is 0.253 e. The fourth-order valence-electron chi connectivity index (χ4n) is 2.39. The average molecular weight is 311 g/mol. The zero-order chi connectivity index (χ0) is 16.2. The summed E-state index contributed by atoms with van der Waals surface area (Å²) in [4.78, 5) is 29.5. The summed E-state index contributed by atoms with van der Waals surface area (Å²) in [6, 6.07) is 9.00. The SMILES string of the molecule is CN1C(=O)CCOc2ccc(CNC(=O)c3cccnc3)cc21. The lowest BCUT2D eigenvalue weighted by molar-refractivity contribution is -0.118. The molecule has 0 fully saturated rings. The van der Waals surface area contributed by atoms with Gasteiger partial charge in [0, 0.05) is 26.0 Å². The highest BCUT2D eigenvalue weighted by Crippen LogP contribution is 2.31. The van der Waals surface area contributed by atoms with Crippen molar-refractivity contribution in [2.24, 2.45) is 0 Å². The van der Waals surface area contributed by atoms with Crippen LogP contribution >= 0.6 is 0 Å². The summed E-state index contributed by atoms with van der Waals surface area (Å²) in [7, 11) is 1.73. The number of nitrogens with zero attached hydrogens (tertiary/aromatic N) is 2. The molecule has 1 aliphatic heterocycles. The maximum Gasteiger partial charge on any atom is 0.253 e. The number of anilines is 1. The third-order valence-electron chi connectivity index (χ3n) is 3.71. The Bertz CT molecular complexity index is 731. The zero-order valence-electron chi connectivity index (χ0n) is 12.8. The van der Waals surface area contributed by atoms with Crippen molar-refractivity contribution in [1.29, 1.82) is 0 Å². The molecular weight excluding hydrogens is 294 g/mol. The van der Waals surface area contributed by atoms with E-state index in [0.717, 1.165) is 11.3 Å². The highest BCUT2D eigenvalue weighted by Gasteiger charge is 2.20. The van der Waals surface area contributed by atoms with Gasteiger partial charge in [-0.25, -0.2) is 0 Å². The van der Waals surface area contributed by atoms with Gasteiger partial charge < -0.3 is 15.0 Å². The van der Waals surface area contributed by atoms with Gasteiger partial charge in [0.25, 0.3) is 5.91 Å². The molecule has 118 valence electrons. The van der Waals surface area contributed by atoms with Gasteiger partial charge >= 0.3 is 0 Å². The van der Waals surface area contributed by atoms with E-state index in [1.54, 1.807) is 30.3 Å². The van der Waals surface area contributed by atoms with E-state index in [1.807, 2.05) is 18.2 Å². The summed E-state index contributed by atoms with van der Waals surface area (Å²) in [5.41, 5.74) is 2.13. The lowest BCUT2D eigenvalue weighted by Gasteiger charge is -2.17. The van der Waals surface area contributed by atoms with Crippen molar-refractivity contribution >= 4 is 17.5 Å². The molecule has 1 N–H and O–H groups in total. The maximum atomic E-state index is 12.0. The topological polar surface area (TPSA) is 71.5 Å². The minimum Gasteiger partial charge on any atom is -0.491 e. The molecule has 1 aromatic carbocycles. The Hall–Kier alpha value is -2.89. The molecule has 0 aliphatic carbocycles. The summed E-state index contributed by atoms with van der Waals surface area (Å²) in [6.45, 7) is 0.746. The number of benzene rings is 1. The number of nitrogens with one attached hydrogen (secondary N) is 1. The third kappa shape index (κ3) is 3.31. The Morgan fingerprint density at radius 2 is 2.26 bits per heavy atom. The first-order chi connectivity index (χ1) is 11.1. The van der Waals surface area contributed by atoms with E-state index in [9.17, 15) is 9.59 Å². The molecule has 6 heteroatoms. The minimum absolute atomic E-state index is 0.0142. The van der Waals surface area contributed by atoms with Gasteiger partial charge in [0.2, 0.25) is 5.91 Å². The van der Waals surface area contributed by atoms with Crippen molar-refractivity contribution in [1.82, 2.24) is 10.3 Å². The molecule has 3 rings (SSSR count). The monoisotopic (exact) mass is 311 g/mol. The molecule has 1 aliphatic rings. The Morgan fingerprint density at radius 1 is 1.39 bits per heavy atom. The van der Waals surface area contributed by atoms with Gasteiger partial charge in [0.1, 0.15) is 5.75 Å². The number of amides is 2. The predicted octanol–water partition coefficient (Wildman–Crippen LogP) is 1.76. The molecule has 0 saturated carbocycles. The Morgan fingerprint density at radius 3 is 3.04 bits per heavy atom. The van der Waals surface area contributed by atoms with Crippen molar-refractivity contribution in [2.75, 3.05) is 18.6 Å². The Balaban J connectivity index is 1.73. The van der Waals surface area contributed by atoms with Crippen LogP contribution in [0.4, 0.5) is 5.69 Å². The van der Waals surface area contributed by atoms with Gasteiger partial charge in [-0.1, -0.05) is 6.07 Å². The van der Waals surface area contributed by atoms with Crippen LogP contribution in [0.2, 0.25) is 0 Å². The van der Waals surface area contributed by atoms with Gasteiger partial charge in [0.15, 0.2) is 0 Å². The molecule has 0 saturated heterocycles. The molecule has 0 atom stereocenters. The van der Waals surface area contributed by atoms with Crippen LogP contribution in [0.25, 0.3) is 0 Å². The van der Waals surface area contributed by atoms with E-state index in [-0.39, 0.29) is 11.8 Å². The van der Waals surface area contributed by atoms with Crippen LogP contribution in [0.15, 0.2) is 42.7 Å². The lowest BCUT2D eigenvalue weighted by atomic mass is 10.1. The average Bonchev–Trinajstić information content (AvgIpc) is 2.73. The highest BCUT2D eigenvalue weighted by molar-refractivity contribution is 5.95. The maximum absolute atomic E-state index is 12.0. The zero-order valence-corrected chi connectivity index (χ0v) is 12.8. The number of carbonyl (C=O) groups is 2. The molecule has 0 bridgehead atoms. The van der Waals surface area contributed by atoms with Crippen molar-refractivity contribution in [3.8, 4) is 5.75 Å². The van der Waals surface area contributed by atoms with E-state index >= 15 is 0 Å². The summed E-state index contributed by atoms with van der Waals surface area (Å²) < 4.78 is 5.58. The molecule has 0 unspecified atom stereocenters. The Kier molecular flexibility index (Phi) is 4.23. The summed E-state index contributed by atoms with van der Waals surface area (Å²) in [5, 5.41) is 2.84. The third-order valence-corrected chi connectivity index (χ3v) is 3.71. The van der Waals surface area contributed by atoms with Gasteiger partial charge in [-0.3, -0.25) is 14.6 Å². The van der Waals surface area contributed by atoms with Crippen LogP contribution in [0.1, 0.15) is 22.3 Å². The van der Waals surface area contributed by atoms with Crippen LogP contribution in [0.3, 0.4) is 0 Å². The number of hydrogen-bond acceptors (Lipinski definition) is 4. The number of pyridine rings is 1. The van der Waals surface area contributed by atoms with Crippen LogP contribution in [0, 0.1) is 0 Å². The molecule has 0 spiro atoms. The Labute approximate surface area is 134 Å².